The molecule has 2 aliphatic carbocycles. The van der Waals surface area contributed by atoms with Gasteiger partial charge in [0.1, 0.15) is 6.17 Å². The number of ether oxygens (including phenoxy) is 1. The van der Waals surface area contributed by atoms with Crippen LogP contribution in [0.5, 0.6) is 0 Å². The molecule has 0 aromatic rings. The average molecular weight is 532 g/mol. The summed E-state index contributed by atoms with van der Waals surface area (Å²) in [6.07, 6.45) is 0.353. The molecule has 0 bridgehead atoms. The maximum atomic E-state index is 14.2. The molecular weight excluding hydrogens is 490 g/mol. The molecule has 6 rings (SSSR count). The third-order valence-electron chi connectivity index (χ3n) is 10.5. The zero-order valence-corrected chi connectivity index (χ0v) is 21.7. The summed E-state index contributed by atoms with van der Waals surface area (Å²) in [6.45, 7) is 3.52. The van der Waals surface area contributed by atoms with Gasteiger partial charge in [-0.25, -0.2) is 15.2 Å². The highest BCUT2D eigenvalue weighted by Gasteiger charge is 2.58. The van der Waals surface area contributed by atoms with E-state index in [1.54, 1.807) is 0 Å². The molecule has 6 fully saturated rings. The van der Waals surface area contributed by atoms with Crippen LogP contribution in [-0.4, -0.2) is 98.3 Å². The molecule has 1 amide bonds. The maximum absolute atomic E-state index is 14.2. The van der Waals surface area contributed by atoms with Crippen LogP contribution < -0.4 is 10.9 Å². The third-order valence-corrected chi connectivity index (χ3v) is 10.5. The van der Waals surface area contributed by atoms with Crippen molar-refractivity contribution < 1.29 is 27.1 Å². The molecule has 0 spiro atoms. The Morgan fingerprint density at radius 2 is 1.89 bits per heavy atom. The zero-order valence-electron chi connectivity index (χ0n) is 21.7. The van der Waals surface area contributed by atoms with Crippen LogP contribution in [0.3, 0.4) is 0 Å². The maximum Gasteiger partial charge on any atom is 0.392 e. The van der Waals surface area contributed by atoms with Crippen LogP contribution in [0.25, 0.3) is 0 Å². The summed E-state index contributed by atoms with van der Waals surface area (Å²) in [5.74, 6) is -2.54. The molecule has 2 saturated carbocycles. The topological polar surface area (TPSA) is 60.1 Å². The number of hydrazine groups is 1. The van der Waals surface area contributed by atoms with E-state index in [4.69, 9.17) is 4.74 Å². The Hall–Kier alpha value is -1.01. The van der Waals surface area contributed by atoms with Crippen molar-refractivity contribution in [3.63, 3.8) is 0 Å². The average Bonchev–Trinajstić information content (AvgIpc) is 3.36. The lowest BCUT2D eigenvalue weighted by atomic mass is 9.64. The molecular formula is C26H41F4N5O2. The molecule has 4 saturated heterocycles. The van der Waals surface area contributed by atoms with Crippen molar-refractivity contribution in [1.29, 1.82) is 0 Å². The molecule has 6 aliphatic rings. The predicted molar refractivity (Wildman–Crippen MR) is 129 cm³/mol. The molecule has 4 aliphatic heterocycles. The second-order valence-corrected chi connectivity index (χ2v) is 12.9. The van der Waals surface area contributed by atoms with Crippen LogP contribution in [0.15, 0.2) is 0 Å². The molecule has 0 aromatic carbocycles. The summed E-state index contributed by atoms with van der Waals surface area (Å²) in [5.41, 5.74) is 6.59. The van der Waals surface area contributed by atoms with Crippen molar-refractivity contribution in [1.82, 2.24) is 25.6 Å². The first-order chi connectivity index (χ1) is 17.6. The number of halogens is 4. The van der Waals surface area contributed by atoms with E-state index in [2.05, 4.69) is 22.8 Å². The predicted octanol–water partition coefficient (Wildman–Crippen LogP) is 2.59. The van der Waals surface area contributed by atoms with E-state index in [-0.39, 0.29) is 42.4 Å². The van der Waals surface area contributed by atoms with E-state index < -0.39 is 30.1 Å². The number of likely N-dealkylation sites (tertiary alicyclic amines) is 2. The van der Waals surface area contributed by atoms with Crippen molar-refractivity contribution in [3.05, 3.63) is 0 Å². The molecule has 2 N–H and O–H groups in total. The molecule has 7 atom stereocenters. The lowest BCUT2D eigenvalue weighted by Gasteiger charge is -2.52. The Morgan fingerprint density at radius 1 is 1.11 bits per heavy atom. The summed E-state index contributed by atoms with van der Waals surface area (Å²) in [6, 6.07) is 0.0109. The van der Waals surface area contributed by atoms with Gasteiger partial charge in [-0.1, -0.05) is 6.42 Å². The van der Waals surface area contributed by atoms with Crippen molar-refractivity contribution in [3.8, 4) is 0 Å². The van der Waals surface area contributed by atoms with Gasteiger partial charge >= 0.3 is 6.18 Å². The SMILES string of the molecule is CN1CNNC1CC1(C2CCCC(N3CC4C(CC(CN5CC(F)C5)CC4C(F)(F)F)C3=O)C2)COC1. The van der Waals surface area contributed by atoms with Crippen molar-refractivity contribution in [2.45, 2.75) is 69.5 Å². The minimum atomic E-state index is -4.31. The van der Waals surface area contributed by atoms with Gasteiger partial charge in [0.05, 0.1) is 32.0 Å². The Labute approximate surface area is 216 Å². The molecule has 7 unspecified atom stereocenters. The number of nitrogens with one attached hydrogen (secondary N) is 2. The summed E-state index contributed by atoms with van der Waals surface area (Å²) < 4.78 is 61.6. The Balaban J connectivity index is 1.15. The first kappa shape index (κ1) is 26.2. The second kappa shape index (κ2) is 9.87. The van der Waals surface area contributed by atoms with E-state index in [1.807, 2.05) is 9.80 Å². The highest BCUT2D eigenvalue weighted by atomic mass is 19.4. The highest BCUT2D eigenvalue weighted by Crippen LogP contribution is 2.53. The van der Waals surface area contributed by atoms with Gasteiger partial charge in [0.2, 0.25) is 5.91 Å². The lowest BCUT2D eigenvalue weighted by molar-refractivity contribution is -0.204. The highest BCUT2D eigenvalue weighted by molar-refractivity contribution is 5.82. The number of carbonyl (C=O) groups excluding carboxylic acids is 1. The van der Waals surface area contributed by atoms with Gasteiger partial charge in [0.25, 0.3) is 0 Å². The Kier molecular flexibility index (Phi) is 7.00. The van der Waals surface area contributed by atoms with Gasteiger partial charge in [0.15, 0.2) is 0 Å². The van der Waals surface area contributed by atoms with Crippen LogP contribution in [0.1, 0.15) is 44.9 Å². The van der Waals surface area contributed by atoms with Gasteiger partial charge < -0.3 is 9.64 Å². The summed E-state index contributed by atoms with van der Waals surface area (Å²) in [5, 5.41) is 0. The number of alkyl halides is 4. The van der Waals surface area contributed by atoms with E-state index in [1.165, 1.54) is 0 Å². The lowest BCUT2D eigenvalue weighted by Crippen LogP contribution is -2.56. The first-order valence-corrected chi connectivity index (χ1v) is 14.1. The van der Waals surface area contributed by atoms with Gasteiger partial charge in [-0.2, -0.15) is 13.2 Å². The monoisotopic (exact) mass is 531 g/mol. The number of hydrogen-bond donors (Lipinski definition) is 2. The molecule has 0 aromatic heterocycles. The fourth-order valence-corrected chi connectivity index (χ4v) is 8.38. The van der Waals surface area contributed by atoms with Crippen LogP contribution in [0.2, 0.25) is 0 Å². The van der Waals surface area contributed by atoms with Crippen LogP contribution >= 0.6 is 0 Å². The summed E-state index contributed by atoms with van der Waals surface area (Å²) in [7, 11) is 2.08. The quantitative estimate of drug-likeness (QED) is 0.514. The Bertz CT molecular complexity index is 851. The van der Waals surface area contributed by atoms with E-state index in [0.29, 0.717) is 45.2 Å². The fourth-order valence-electron chi connectivity index (χ4n) is 8.38. The largest absolute Gasteiger partial charge is 0.392 e. The number of nitrogens with zero attached hydrogens (tertiary/aromatic N) is 3. The van der Waals surface area contributed by atoms with Crippen molar-refractivity contribution >= 4 is 5.91 Å². The third kappa shape index (κ3) is 4.92. The minimum Gasteiger partial charge on any atom is -0.380 e. The number of rotatable bonds is 6. The van der Waals surface area contributed by atoms with Crippen molar-refractivity contribution in [2.75, 3.05) is 53.1 Å². The molecule has 37 heavy (non-hydrogen) atoms. The fraction of sp³-hybridized carbons (Fsp3) is 0.962. The van der Waals surface area contributed by atoms with Gasteiger partial charge in [0, 0.05) is 43.6 Å². The minimum absolute atomic E-state index is 0.0109. The molecule has 210 valence electrons. The number of fused-ring (bicyclic) bond motifs is 1. The van der Waals surface area contributed by atoms with E-state index in [0.717, 1.165) is 38.8 Å². The number of hydrogen-bond acceptors (Lipinski definition) is 6. The number of amides is 1. The molecule has 7 nitrogen and oxygen atoms in total. The molecule has 4 heterocycles. The van der Waals surface area contributed by atoms with Crippen LogP contribution in [0.4, 0.5) is 17.6 Å². The van der Waals surface area contributed by atoms with Crippen LogP contribution in [-0.2, 0) is 9.53 Å². The standard InChI is InChI=1S/C26H41F4N5O2/c1-33-15-31-32-23(33)8-25(13-37-14-25)17-3-2-4-19(7-17)35-12-21-20(24(35)36)5-16(6-22(21)26(28,29)30)9-34-10-18(27)11-34/h16-23,31-32H,2-15H2,1H3. The van der Waals surface area contributed by atoms with Crippen molar-refractivity contribution in [2.24, 2.45) is 35.0 Å². The first-order valence-electron chi connectivity index (χ1n) is 14.1. The summed E-state index contributed by atoms with van der Waals surface area (Å²) in [4.78, 5) is 19.7. The zero-order chi connectivity index (χ0) is 25.9. The second-order valence-electron chi connectivity index (χ2n) is 12.9. The van der Waals surface area contributed by atoms with Gasteiger partial charge in [-0.05, 0) is 63.3 Å². The Morgan fingerprint density at radius 3 is 2.51 bits per heavy atom. The van der Waals surface area contributed by atoms with Gasteiger partial charge in [-0.15, -0.1) is 0 Å². The van der Waals surface area contributed by atoms with E-state index in [9.17, 15) is 22.4 Å². The van der Waals surface area contributed by atoms with Crippen LogP contribution in [0, 0.1) is 35.0 Å². The molecule has 0 radical (unpaired) electrons. The number of carbonyl (C=O) groups is 1. The summed E-state index contributed by atoms with van der Waals surface area (Å²) >= 11 is 0. The molecule has 11 heteroatoms. The van der Waals surface area contributed by atoms with E-state index >= 15 is 0 Å². The smallest absolute Gasteiger partial charge is 0.380 e. The normalized spacial score (nSPS) is 41.5. The van der Waals surface area contributed by atoms with Gasteiger partial charge in [-0.3, -0.25) is 14.6 Å².